The zero-order valence-electron chi connectivity index (χ0n) is 11.2. The smallest absolute Gasteiger partial charge is 0.231 e. The van der Waals surface area contributed by atoms with Gasteiger partial charge in [-0.15, -0.1) is 0 Å². The summed E-state index contributed by atoms with van der Waals surface area (Å²) in [6.45, 7) is 4.21. The summed E-state index contributed by atoms with van der Waals surface area (Å²) >= 11 is 3.44. The first-order valence-electron chi connectivity index (χ1n) is 6.29. The molecule has 2 aromatic rings. The van der Waals surface area contributed by atoms with Gasteiger partial charge in [0.1, 0.15) is 5.69 Å². The van der Waals surface area contributed by atoms with E-state index in [0.717, 1.165) is 10.9 Å². The van der Waals surface area contributed by atoms with E-state index in [2.05, 4.69) is 50.2 Å². The SMILES string of the molecule is CCC(NC)C(C)c1nc(-c2ncccc2Br)no1. The Kier molecular flexibility index (Phi) is 4.66. The molecule has 0 fully saturated rings. The number of pyridine rings is 1. The molecule has 2 atom stereocenters. The molecular formula is C13H17BrN4O. The summed E-state index contributed by atoms with van der Waals surface area (Å²) in [7, 11) is 1.94. The lowest BCUT2D eigenvalue weighted by atomic mass is 10.00. The summed E-state index contributed by atoms with van der Waals surface area (Å²) in [6, 6.07) is 4.08. The van der Waals surface area contributed by atoms with E-state index >= 15 is 0 Å². The van der Waals surface area contributed by atoms with Gasteiger partial charge >= 0.3 is 0 Å². The molecule has 6 heteroatoms. The van der Waals surface area contributed by atoms with Gasteiger partial charge in [0.15, 0.2) is 0 Å². The molecule has 102 valence electrons. The van der Waals surface area contributed by atoms with E-state index in [4.69, 9.17) is 4.52 Å². The van der Waals surface area contributed by atoms with E-state index in [9.17, 15) is 0 Å². The minimum Gasteiger partial charge on any atom is -0.339 e. The Morgan fingerprint density at radius 1 is 1.47 bits per heavy atom. The molecule has 0 aliphatic rings. The number of rotatable bonds is 5. The summed E-state index contributed by atoms with van der Waals surface area (Å²) in [4.78, 5) is 8.71. The quantitative estimate of drug-likeness (QED) is 0.915. The number of nitrogens with one attached hydrogen (secondary N) is 1. The van der Waals surface area contributed by atoms with Crippen molar-refractivity contribution in [2.75, 3.05) is 7.05 Å². The highest BCUT2D eigenvalue weighted by atomic mass is 79.9. The maximum atomic E-state index is 5.36. The Bertz CT molecular complexity index is 539. The van der Waals surface area contributed by atoms with Gasteiger partial charge in [0, 0.05) is 16.7 Å². The van der Waals surface area contributed by atoms with Gasteiger partial charge in [-0.2, -0.15) is 4.98 Å². The Labute approximate surface area is 121 Å². The fraction of sp³-hybridized carbons (Fsp3) is 0.462. The molecule has 2 heterocycles. The molecule has 0 aliphatic heterocycles. The fourth-order valence-corrected chi connectivity index (χ4v) is 2.48. The topological polar surface area (TPSA) is 63.8 Å². The zero-order chi connectivity index (χ0) is 13.8. The van der Waals surface area contributed by atoms with Crippen LogP contribution in [0.1, 0.15) is 32.1 Å². The van der Waals surface area contributed by atoms with Crippen LogP contribution in [-0.2, 0) is 0 Å². The molecule has 2 rings (SSSR count). The van der Waals surface area contributed by atoms with Crippen molar-refractivity contribution in [2.45, 2.75) is 32.2 Å². The first kappa shape index (κ1) is 14.1. The van der Waals surface area contributed by atoms with Gasteiger partial charge in [-0.3, -0.25) is 4.98 Å². The van der Waals surface area contributed by atoms with Crippen LogP contribution in [0.15, 0.2) is 27.3 Å². The van der Waals surface area contributed by atoms with Crippen LogP contribution in [0.2, 0.25) is 0 Å². The maximum absolute atomic E-state index is 5.36. The van der Waals surface area contributed by atoms with Crippen molar-refractivity contribution in [3.63, 3.8) is 0 Å². The average Bonchev–Trinajstić information content (AvgIpc) is 2.90. The largest absolute Gasteiger partial charge is 0.339 e. The first-order valence-corrected chi connectivity index (χ1v) is 7.08. The monoisotopic (exact) mass is 324 g/mol. The number of likely N-dealkylation sites (N-methyl/N-ethyl adjacent to an activating group) is 1. The molecule has 2 unspecified atom stereocenters. The van der Waals surface area contributed by atoms with Gasteiger partial charge < -0.3 is 9.84 Å². The van der Waals surface area contributed by atoms with Crippen LogP contribution in [-0.4, -0.2) is 28.2 Å². The molecule has 1 N–H and O–H groups in total. The van der Waals surface area contributed by atoms with E-state index in [1.54, 1.807) is 6.20 Å². The number of hydrogen-bond donors (Lipinski definition) is 1. The Morgan fingerprint density at radius 3 is 2.89 bits per heavy atom. The summed E-state index contributed by atoms with van der Waals surface area (Å²) in [5, 5.41) is 7.27. The van der Waals surface area contributed by atoms with Crippen molar-refractivity contribution >= 4 is 15.9 Å². The molecular weight excluding hydrogens is 308 g/mol. The van der Waals surface area contributed by atoms with Crippen LogP contribution in [0.5, 0.6) is 0 Å². The van der Waals surface area contributed by atoms with Gasteiger partial charge in [-0.1, -0.05) is 19.0 Å². The van der Waals surface area contributed by atoms with Crippen molar-refractivity contribution < 1.29 is 4.52 Å². The highest BCUT2D eigenvalue weighted by Gasteiger charge is 2.22. The summed E-state index contributed by atoms with van der Waals surface area (Å²) in [5.41, 5.74) is 0.696. The molecule has 0 saturated heterocycles. The molecule has 0 radical (unpaired) electrons. The van der Waals surface area contributed by atoms with Gasteiger partial charge in [0.2, 0.25) is 11.7 Å². The Balaban J connectivity index is 2.27. The van der Waals surface area contributed by atoms with Crippen molar-refractivity contribution in [1.29, 1.82) is 0 Å². The van der Waals surface area contributed by atoms with Gasteiger partial charge in [0.05, 0.1) is 5.92 Å². The molecule has 2 aromatic heterocycles. The first-order chi connectivity index (χ1) is 9.17. The number of aromatic nitrogens is 3. The molecule has 5 nitrogen and oxygen atoms in total. The van der Waals surface area contributed by atoms with E-state index in [1.165, 1.54) is 0 Å². The van der Waals surface area contributed by atoms with E-state index in [0.29, 0.717) is 23.5 Å². The van der Waals surface area contributed by atoms with Gasteiger partial charge in [0.25, 0.3) is 0 Å². The zero-order valence-corrected chi connectivity index (χ0v) is 12.8. The normalized spacial score (nSPS) is 14.3. The number of hydrogen-bond acceptors (Lipinski definition) is 5. The summed E-state index contributed by atoms with van der Waals surface area (Å²) in [6.07, 6.45) is 2.71. The second-order valence-electron chi connectivity index (χ2n) is 4.38. The molecule has 0 bridgehead atoms. The molecule has 0 aromatic carbocycles. The highest BCUT2D eigenvalue weighted by Crippen LogP contribution is 2.26. The highest BCUT2D eigenvalue weighted by molar-refractivity contribution is 9.10. The van der Waals surface area contributed by atoms with Crippen LogP contribution < -0.4 is 5.32 Å². The average molecular weight is 325 g/mol. The third kappa shape index (κ3) is 3.01. The van der Waals surface area contributed by atoms with E-state index < -0.39 is 0 Å². The third-order valence-corrected chi connectivity index (χ3v) is 3.86. The van der Waals surface area contributed by atoms with Crippen molar-refractivity contribution in [3.8, 4) is 11.5 Å². The molecule has 0 saturated carbocycles. The van der Waals surface area contributed by atoms with Crippen LogP contribution >= 0.6 is 15.9 Å². The second-order valence-corrected chi connectivity index (χ2v) is 5.24. The van der Waals surface area contributed by atoms with Gasteiger partial charge in [-0.25, -0.2) is 0 Å². The van der Waals surface area contributed by atoms with Crippen LogP contribution in [0, 0.1) is 0 Å². The number of nitrogens with zero attached hydrogens (tertiary/aromatic N) is 3. The predicted octanol–water partition coefficient (Wildman–Crippen LogP) is 3.00. The van der Waals surface area contributed by atoms with E-state index in [1.807, 2.05) is 19.2 Å². The minimum absolute atomic E-state index is 0.165. The Hall–Kier alpha value is -1.27. The van der Waals surface area contributed by atoms with Crippen molar-refractivity contribution in [3.05, 3.63) is 28.7 Å². The third-order valence-electron chi connectivity index (χ3n) is 3.22. The van der Waals surface area contributed by atoms with Crippen LogP contribution in [0.3, 0.4) is 0 Å². The summed E-state index contributed by atoms with van der Waals surface area (Å²) < 4.78 is 6.22. The predicted molar refractivity (Wildman–Crippen MR) is 76.8 cm³/mol. The number of halogens is 1. The van der Waals surface area contributed by atoms with Crippen LogP contribution in [0.25, 0.3) is 11.5 Å². The summed E-state index contributed by atoms with van der Waals surface area (Å²) in [5.74, 6) is 1.31. The lowest BCUT2D eigenvalue weighted by Gasteiger charge is -2.18. The maximum Gasteiger partial charge on any atom is 0.231 e. The van der Waals surface area contributed by atoms with E-state index in [-0.39, 0.29) is 5.92 Å². The lowest BCUT2D eigenvalue weighted by Crippen LogP contribution is -2.30. The van der Waals surface area contributed by atoms with Gasteiger partial charge in [-0.05, 0) is 41.5 Å². The Morgan fingerprint density at radius 2 is 2.26 bits per heavy atom. The molecule has 0 amide bonds. The standard InChI is InChI=1S/C13H17BrN4O/c1-4-10(15-3)8(2)13-17-12(18-19-13)11-9(14)6-5-7-16-11/h5-8,10,15H,4H2,1-3H3. The molecule has 0 aliphatic carbocycles. The van der Waals surface area contributed by atoms with Crippen LogP contribution in [0.4, 0.5) is 0 Å². The van der Waals surface area contributed by atoms with Crippen molar-refractivity contribution in [2.24, 2.45) is 0 Å². The minimum atomic E-state index is 0.165. The molecule has 0 spiro atoms. The lowest BCUT2D eigenvalue weighted by molar-refractivity contribution is 0.326. The molecule has 19 heavy (non-hydrogen) atoms. The second kappa shape index (κ2) is 6.25. The van der Waals surface area contributed by atoms with Crippen molar-refractivity contribution in [1.82, 2.24) is 20.4 Å². The fourth-order valence-electron chi connectivity index (χ4n) is 2.05.